The van der Waals surface area contributed by atoms with Crippen molar-refractivity contribution in [2.45, 2.75) is 39.7 Å². The Hall–Kier alpha value is -2.49. The quantitative estimate of drug-likeness (QED) is 0.726. The fraction of sp³-hybridized carbons (Fsp3) is 0.381. The molecule has 0 aliphatic heterocycles. The fourth-order valence-corrected chi connectivity index (χ4v) is 2.71. The van der Waals surface area contributed by atoms with Crippen LogP contribution in [0.1, 0.15) is 42.5 Å². The summed E-state index contributed by atoms with van der Waals surface area (Å²) in [5, 5.41) is 3.03. The van der Waals surface area contributed by atoms with E-state index in [0.717, 1.165) is 28.2 Å². The van der Waals surface area contributed by atoms with Crippen LogP contribution >= 0.6 is 0 Å². The van der Waals surface area contributed by atoms with Crippen molar-refractivity contribution >= 4 is 5.91 Å². The Morgan fingerprint density at radius 2 is 1.88 bits per heavy atom. The van der Waals surface area contributed by atoms with Gasteiger partial charge in [0.05, 0.1) is 19.8 Å². The van der Waals surface area contributed by atoms with Crippen LogP contribution in [0.5, 0.6) is 11.5 Å². The monoisotopic (exact) mass is 341 g/mol. The van der Waals surface area contributed by atoms with E-state index in [1.165, 1.54) is 0 Å². The van der Waals surface area contributed by atoms with Crippen molar-refractivity contribution < 1.29 is 14.3 Å². The van der Waals surface area contributed by atoms with Gasteiger partial charge in [0.25, 0.3) is 0 Å². The van der Waals surface area contributed by atoms with Gasteiger partial charge >= 0.3 is 0 Å². The minimum atomic E-state index is -0.0972. The number of benzene rings is 2. The summed E-state index contributed by atoms with van der Waals surface area (Å²) in [6.07, 6.45) is 1.11. The third-order valence-corrected chi connectivity index (χ3v) is 4.04. The number of aryl methyl sites for hydroxylation is 2. The molecule has 1 amide bonds. The largest absolute Gasteiger partial charge is 0.496 e. The molecule has 1 atom stereocenters. The summed E-state index contributed by atoms with van der Waals surface area (Å²) < 4.78 is 11.1. The number of nitrogens with one attached hydrogen (secondary N) is 1. The summed E-state index contributed by atoms with van der Waals surface area (Å²) in [4.78, 5) is 12.2. The predicted molar refractivity (Wildman–Crippen MR) is 100 cm³/mol. The van der Waals surface area contributed by atoms with Gasteiger partial charge in [0.1, 0.15) is 11.5 Å². The van der Waals surface area contributed by atoms with Crippen molar-refractivity contribution in [2.24, 2.45) is 0 Å². The van der Waals surface area contributed by atoms with Crippen LogP contribution < -0.4 is 14.8 Å². The molecule has 1 N–H and O–H groups in total. The normalized spacial score (nSPS) is 11.7. The van der Waals surface area contributed by atoms with Gasteiger partial charge in [0.15, 0.2) is 0 Å². The Kier molecular flexibility index (Phi) is 6.87. The molecule has 0 radical (unpaired) electrons. The maximum Gasteiger partial charge on any atom is 0.220 e. The first-order valence-electron chi connectivity index (χ1n) is 8.63. The summed E-state index contributed by atoms with van der Waals surface area (Å²) >= 11 is 0. The molecule has 0 heterocycles. The van der Waals surface area contributed by atoms with Crippen LogP contribution in [0.3, 0.4) is 0 Å². The Morgan fingerprint density at radius 1 is 1.12 bits per heavy atom. The highest BCUT2D eigenvalue weighted by atomic mass is 16.5. The summed E-state index contributed by atoms with van der Waals surface area (Å²) in [6, 6.07) is 13.8. The van der Waals surface area contributed by atoms with Gasteiger partial charge in [-0.25, -0.2) is 0 Å². The van der Waals surface area contributed by atoms with Gasteiger partial charge in [0.2, 0.25) is 5.91 Å². The molecule has 134 valence electrons. The number of ether oxygens (including phenoxy) is 2. The first kappa shape index (κ1) is 18.8. The molecule has 0 spiro atoms. The molecule has 4 nitrogen and oxygen atoms in total. The molecule has 2 aromatic carbocycles. The standard InChI is InChI=1S/C21H27NO3/c1-15-7-5-8-18(13-15)25-12-6-9-21(23)22-17(3)19-14-16(2)10-11-20(19)24-4/h5,7-8,10-11,13-14,17H,6,9,12H2,1-4H3,(H,22,23). The highest BCUT2D eigenvalue weighted by Gasteiger charge is 2.14. The number of hydrogen-bond donors (Lipinski definition) is 1. The lowest BCUT2D eigenvalue weighted by atomic mass is 10.0. The average Bonchev–Trinajstić information content (AvgIpc) is 2.58. The third-order valence-electron chi connectivity index (χ3n) is 4.04. The predicted octanol–water partition coefficient (Wildman–Crippen LogP) is 4.35. The van der Waals surface area contributed by atoms with Crippen LogP contribution in [0.15, 0.2) is 42.5 Å². The third kappa shape index (κ3) is 5.82. The van der Waals surface area contributed by atoms with Crippen LogP contribution in [-0.4, -0.2) is 19.6 Å². The molecule has 0 aliphatic carbocycles. The van der Waals surface area contributed by atoms with Gasteiger partial charge in [-0.15, -0.1) is 0 Å². The van der Waals surface area contributed by atoms with E-state index in [1.54, 1.807) is 7.11 Å². The van der Waals surface area contributed by atoms with Crippen LogP contribution in [0.25, 0.3) is 0 Å². The number of methoxy groups -OCH3 is 1. The number of hydrogen-bond acceptors (Lipinski definition) is 3. The van der Waals surface area contributed by atoms with E-state index in [0.29, 0.717) is 19.4 Å². The molecular weight excluding hydrogens is 314 g/mol. The molecule has 0 aromatic heterocycles. The molecular formula is C21H27NO3. The molecule has 1 unspecified atom stereocenters. The first-order chi connectivity index (χ1) is 12.0. The van der Waals surface area contributed by atoms with Crippen molar-refractivity contribution in [3.8, 4) is 11.5 Å². The van der Waals surface area contributed by atoms with Gasteiger partial charge in [-0.05, 0) is 51.0 Å². The maximum atomic E-state index is 12.2. The van der Waals surface area contributed by atoms with Crippen LogP contribution in [0.2, 0.25) is 0 Å². The highest BCUT2D eigenvalue weighted by molar-refractivity contribution is 5.76. The number of amides is 1. The van der Waals surface area contributed by atoms with E-state index in [-0.39, 0.29) is 11.9 Å². The van der Waals surface area contributed by atoms with E-state index in [1.807, 2.05) is 63.2 Å². The lowest BCUT2D eigenvalue weighted by Crippen LogP contribution is -2.27. The summed E-state index contributed by atoms with van der Waals surface area (Å²) in [6.45, 7) is 6.55. The van der Waals surface area contributed by atoms with Crippen molar-refractivity contribution in [3.63, 3.8) is 0 Å². The molecule has 25 heavy (non-hydrogen) atoms. The second-order valence-corrected chi connectivity index (χ2v) is 6.30. The van der Waals surface area contributed by atoms with Gasteiger partial charge in [-0.3, -0.25) is 4.79 Å². The Morgan fingerprint density at radius 3 is 2.60 bits per heavy atom. The summed E-state index contributed by atoms with van der Waals surface area (Å²) in [5.41, 5.74) is 3.30. The lowest BCUT2D eigenvalue weighted by Gasteiger charge is -2.18. The Bertz CT molecular complexity index is 712. The smallest absolute Gasteiger partial charge is 0.220 e. The number of carbonyl (C=O) groups excluding carboxylic acids is 1. The SMILES string of the molecule is COc1ccc(C)cc1C(C)NC(=O)CCCOc1cccc(C)c1. The molecule has 0 saturated carbocycles. The Balaban J connectivity index is 1.79. The molecule has 0 fully saturated rings. The lowest BCUT2D eigenvalue weighted by molar-refractivity contribution is -0.121. The van der Waals surface area contributed by atoms with E-state index >= 15 is 0 Å². The number of carbonyl (C=O) groups is 1. The highest BCUT2D eigenvalue weighted by Crippen LogP contribution is 2.26. The van der Waals surface area contributed by atoms with E-state index in [2.05, 4.69) is 5.32 Å². The van der Waals surface area contributed by atoms with Crippen molar-refractivity contribution in [3.05, 3.63) is 59.2 Å². The van der Waals surface area contributed by atoms with Crippen LogP contribution in [-0.2, 0) is 4.79 Å². The van der Waals surface area contributed by atoms with Crippen molar-refractivity contribution in [2.75, 3.05) is 13.7 Å². The zero-order chi connectivity index (χ0) is 18.2. The van der Waals surface area contributed by atoms with E-state index < -0.39 is 0 Å². The first-order valence-corrected chi connectivity index (χ1v) is 8.63. The van der Waals surface area contributed by atoms with Gasteiger partial charge in [-0.1, -0.05) is 29.8 Å². The molecule has 0 aliphatic rings. The summed E-state index contributed by atoms with van der Waals surface area (Å²) in [5.74, 6) is 1.66. The van der Waals surface area contributed by atoms with Crippen molar-refractivity contribution in [1.29, 1.82) is 0 Å². The second-order valence-electron chi connectivity index (χ2n) is 6.30. The van der Waals surface area contributed by atoms with Crippen LogP contribution in [0.4, 0.5) is 0 Å². The molecule has 2 rings (SSSR count). The van der Waals surface area contributed by atoms with Gasteiger partial charge in [-0.2, -0.15) is 0 Å². The zero-order valence-electron chi connectivity index (χ0n) is 15.5. The zero-order valence-corrected chi connectivity index (χ0v) is 15.5. The average molecular weight is 341 g/mol. The molecule has 0 saturated heterocycles. The topological polar surface area (TPSA) is 47.6 Å². The van der Waals surface area contributed by atoms with Gasteiger partial charge in [0, 0.05) is 12.0 Å². The maximum absolute atomic E-state index is 12.2. The fourth-order valence-electron chi connectivity index (χ4n) is 2.71. The minimum absolute atomic E-state index is 0.0175. The summed E-state index contributed by atoms with van der Waals surface area (Å²) in [7, 11) is 1.64. The second kappa shape index (κ2) is 9.11. The number of rotatable bonds is 8. The van der Waals surface area contributed by atoms with Gasteiger partial charge < -0.3 is 14.8 Å². The molecule has 0 bridgehead atoms. The molecule has 4 heteroatoms. The van der Waals surface area contributed by atoms with Crippen molar-refractivity contribution in [1.82, 2.24) is 5.32 Å². The van der Waals surface area contributed by atoms with E-state index in [4.69, 9.17) is 9.47 Å². The van der Waals surface area contributed by atoms with E-state index in [9.17, 15) is 4.79 Å². The minimum Gasteiger partial charge on any atom is -0.496 e. The Labute approximate surface area is 150 Å². The molecule has 2 aromatic rings. The van der Waals surface area contributed by atoms with Crippen LogP contribution in [0, 0.1) is 13.8 Å².